The molecule has 648 valence electrons. The highest BCUT2D eigenvalue weighted by atomic mass is 32.2. The summed E-state index contributed by atoms with van der Waals surface area (Å²) in [6.07, 6.45) is -1.16. The molecule has 4 aliphatic rings. The quantitative estimate of drug-likeness (QED) is 0.00984. The van der Waals surface area contributed by atoms with Crippen LogP contribution in [0.3, 0.4) is 0 Å². The number of benzene rings is 3. The largest absolute Gasteiger partial charge is 0.508 e. The minimum Gasteiger partial charge on any atom is -0.497 e. The molecule has 8 N–H and O–H groups in total. The van der Waals surface area contributed by atoms with E-state index >= 15 is 4.79 Å². The Morgan fingerprint density at radius 2 is 1.45 bits per heavy atom. The van der Waals surface area contributed by atoms with Crippen molar-refractivity contribution in [2.75, 3.05) is 79.7 Å². The number of likely N-dealkylation sites (N-methyl/N-ethyl adjacent to an activating group) is 2. The third-order valence-corrected chi connectivity index (χ3v) is 24.2. The molecular formula is C84H120N12O21S. The van der Waals surface area contributed by atoms with Crippen LogP contribution in [0.25, 0.3) is 10.8 Å². The van der Waals surface area contributed by atoms with Crippen molar-refractivity contribution in [3.8, 4) is 5.75 Å². The van der Waals surface area contributed by atoms with E-state index in [1.807, 2.05) is 39.8 Å². The summed E-state index contributed by atoms with van der Waals surface area (Å²) in [6.45, 7) is 17.1. The Kier molecular flexibility index (Phi) is 35.0. The van der Waals surface area contributed by atoms with E-state index in [2.05, 4.69) is 31.9 Å². The number of unbranched alkanes of at least 4 members (excludes halogenated alkanes) is 2. The van der Waals surface area contributed by atoms with Gasteiger partial charge in [0.2, 0.25) is 47.3 Å². The van der Waals surface area contributed by atoms with Crippen molar-refractivity contribution >= 4 is 117 Å². The molecule has 1 saturated carbocycles. The number of ether oxygens (including phenoxy) is 5. The minimum atomic E-state index is -1.54. The van der Waals surface area contributed by atoms with Crippen LogP contribution >= 0.6 is 11.8 Å². The summed E-state index contributed by atoms with van der Waals surface area (Å²) in [4.78, 5) is 213. The maximum Gasteiger partial charge on any atom is 0.508 e. The highest BCUT2D eigenvalue weighted by Crippen LogP contribution is 2.52. The van der Waals surface area contributed by atoms with Crippen molar-refractivity contribution in [2.24, 2.45) is 34.8 Å². The van der Waals surface area contributed by atoms with Gasteiger partial charge in [-0.1, -0.05) is 91.6 Å². The number of rotatable bonds is 45. The maximum absolute atomic E-state index is 15.2. The Hall–Kier alpha value is -10.2. The summed E-state index contributed by atoms with van der Waals surface area (Å²) < 4.78 is 29.1. The lowest BCUT2D eigenvalue weighted by Crippen LogP contribution is -2.62. The third kappa shape index (κ3) is 25.7. The van der Waals surface area contributed by atoms with E-state index in [0.717, 1.165) is 16.3 Å². The van der Waals surface area contributed by atoms with Crippen LogP contribution in [-0.4, -0.2) is 241 Å². The van der Waals surface area contributed by atoms with E-state index in [4.69, 9.17) is 34.3 Å². The molecule has 4 unspecified atom stereocenters. The number of urea groups is 1. The summed E-state index contributed by atoms with van der Waals surface area (Å²) in [6, 6.07) is 12.3. The number of likely N-dealkylation sites (tertiary alicyclic amines) is 2. The first-order valence-electron chi connectivity index (χ1n) is 40.4. The van der Waals surface area contributed by atoms with Crippen molar-refractivity contribution in [3.05, 3.63) is 83.1 Å². The number of anilines is 1. The zero-order valence-electron chi connectivity index (χ0n) is 70.8. The summed E-state index contributed by atoms with van der Waals surface area (Å²) in [5, 5.41) is 18.1. The molecule has 3 aromatic rings. The summed E-state index contributed by atoms with van der Waals surface area (Å²) >= 11 is 1.29. The number of carbonyl (C=O) groups excluding carboxylic acids is 15. The van der Waals surface area contributed by atoms with E-state index in [9.17, 15) is 67.1 Å². The molecule has 0 aromatic heterocycles. The van der Waals surface area contributed by atoms with Gasteiger partial charge in [0.15, 0.2) is 5.78 Å². The topological polar surface area (TPSA) is 426 Å². The zero-order valence-corrected chi connectivity index (χ0v) is 71.7. The van der Waals surface area contributed by atoms with Crippen LogP contribution in [0.2, 0.25) is 0 Å². The first-order chi connectivity index (χ1) is 55.8. The van der Waals surface area contributed by atoms with Crippen LogP contribution in [0.15, 0.2) is 71.9 Å². The molecule has 3 saturated heterocycles. The molecule has 0 spiro atoms. The number of Topliss-reactive ketones (excluding diaryl/α,β-unsaturated/α-hetero) is 1. The Morgan fingerprint density at radius 3 is 2.05 bits per heavy atom. The number of hydrogen-bond donors (Lipinski definition) is 7. The molecule has 4 fully saturated rings. The van der Waals surface area contributed by atoms with Crippen molar-refractivity contribution in [3.63, 3.8) is 0 Å². The minimum absolute atomic E-state index is 0.00531. The highest BCUT2D eigenvalue weighted by Gasteiger charge is 2.50. The molecular weight excluding hydrogens is 1550 g/mol. The molecule has 3 aromatic carbocycles. The Balaban J connectivity index is 0.964. The molecule has 7 rings (SSSR count). The van der Waals surface area contributed by atoms with Gasteiger partial charge >= 0.3 is 18.2 Å². The van der Waals surface area contributed by atoms with Crippen LogP contribution in [0.4, 0.5) is 15.3 Å². The van der Waals surface area contributed by atoms with Gasteiger partial charge in [-0.05, 0) is 135 Å². The highest BCUT2D eigenvalue weighted by molar-refractivity contribution is 8.00. The van der Waals surface area contributed by atoms with E-state index in [1.54, 1.807) is 104 Å². The van der Waals surface area contributed by atoms with E-state index < -0.39 is 142 Å². The number of hydroxylamine groups is 2. The van der Waals surface area contributed by atoms with Crippen LogP contribution in [0.5, 0.6) is 5.75 Å². The number of thioether (sulfide) groups is 1. The van der Waals surface area contributed by atoms with Gasteiger partial charge < -0.3 is 80.9 Å². The lowest BCUT2D eigenvalue weighted by atomic mass is 9.86. The van der Waals surface area contributed by atoms with Gasteiger partial charge in [0.05, 0.1) is 68.5 Å². The number of methoxy groups -OCH3 is 3. The van der Waals surface area contributed by atoms with Gasteiger partial charge in [0, 0.05) is 97.6 Å². The number of fused-ring (bicyclic) bond motifs is 1. The number of nitrogens with one attached hydrogen (secondary N) is 6. The van der Waals surface area contributed by atoms with Crippen molar-refractivity contribution < 1.29 is 100 Å². The van der Waals surface area contributed by atoms with Gasteiger partial charge in [0.25, 0.3) is 17.7 Å². The lowest BCUT2D eigenvalue weighted by Gasteiger charge is -2.40. The Labute approximate surface area is 694 Å². The number of amides is 13. The first kappa shape index (κ1) is 94.9. The average molecular weight is 1670 g/mol. The number of hydrogen-bond acceptors (Lipinski definition) is 23. The molecule has 0 bridgehead atoms. The molecule has 11 atom stereocenters. The predicted octanol–water partition coefficient (Wildman–Crippen LogP) is 7.00. The van der Waals surface area contributed by atoms with E-state index in [0.29, 0.717) is 71.9 Å². The second-order valence-electron chi connectivity index (χ2n) is 32.4. The van der Waals surface area contributed by atoms with E-state index in [1.165, 1.54) is 59.7 Å². The first-order valence-corrected chi connectivity index (χ1v) is 41.4. The molecule has 33 nitrogen and oxygen atoms in total. The van der Waals surface area contributed by atoms with Crippen LogP contribution in [-0.2, 0) is 87.9 Å². The van der Waals surface area contributed by atoms with Crippen LogP contribution < -0.4 is 42.4 Å². The monoisotopic (exact) mass is 1660 g/mol. The van der Waals surface area contributed by atoms with Gasteiger partial charge in [-0.3, -0.25) is 62.4 Å². The number of imide groups is 2. The number of ketones is 1. The number of allylic oxidation sites excluding steroid dienone is 1. The van der Waals surface area contributed by atoms with Crippen LogP contribution in [0.1, 0.15) is 181 Å². The van der Waals surface area contributed by atoms with Crippen molar-refractivity contribution in [1.29, 1.82) is 0 Å². The third-order valence-electron chi connectivity index (χ3n) is 22.6. The normalized spacial score (nSPS) is 18.6. The van der Waals surface area contributed by atoms with Crippen molar-refractivity contribution in [2.45, 2.75) is 225 Å². The fraction of sp³-hybridized carbons (Fsp3) is 0.607. The second-order valence-corrected chi connectivity index (χ2v) is 33.6. The summed E-state index contributed by atoms with van der Waals surface area (Å²) in [7, 11) is 9.49. The van der Waals surface area contributed by atoms with Gasteiger partial charge in [-0.2, -0.15) is 0 Å². The zero-order chi connectivity index (χ0) is 87.2. The fourth-order valence-corrected chi connectivity index (χ4v) is 16.4. The SMILES string of the molecule is CC[C@H](C)C([C@@H](CC(=O)N1C[C@@H](OC(=O)OCc2ccc(NC(=O)C(CCCNC(N)=O)NC(=O)C(C)(NC(=O)CCCCCN3C(=O)CC(SCC4(CC(=O)ON5C(=O)CCC5=O)CC4)C3=O)C(C)C)cc2)C[C@H]1[C@H](OC)[C@@H](C)C(=O)NCC(=O)c1ccc2cc(OC)ccc2c1)OC)N(C)C(=O)[C@@H](NC(=O)C(=C(C)C)N(C)C)C(C)C. The Morgan fingerprint density at radius 1 is 0.780 bits per heavy atom. The molecule has 1 aliphatic carbocycles. The fourth-order valence-electron chi connectivity index (χ4n) is 15.0. The lowest BCUT2D eigenvalue weighted by molar-refractivity contribution is -0.198. The number of primary amides is 1. The molecule has 34 heteroatoms. The predicted molar refractivity (Wildman–Crippen MR) is 438 cm³/mol. The average Bonchev–Trinajstić information content (AvgIpc) is 1.54. The number of nitrogens with two attached hydrogens (primary N) is 1. The summed E-state index contributed by atoms with van der Waals surface area (Å²) in [5.41, 5.74) is 5.57. The van der Waals surface area contributed by atoms with Gasteiger partial charge in [-0.25, -0.2) is 14.4 Å². The van der Waals surface area contributed by atoms with Crippen molar-refractivity contribution in [1.82, 2.24) is 51.2 Å². The van der Waals surface area contributed by atoms with Crippen LogP contribution in [0, 0.1) is 29.1 Å². The molecule has 3 aliphatic heterocycles. The molecule has 0 radical (unpaired) electrons. The number of nitrogens with zero attached hydrogens (tertiary/aromatic N) is 5. The Bertz CT molecular complexity index is 4170. The number of carbonyl (C=O) groups is 15. The summed E-state index contributed by atoms with van der Waals surface area (Å²) in [5.74, 6) is -7.58. The van der Waals surface area contributed by atoms with Gasteiger partial charge in [-0.15, -0.1) is 16.8 Å². The maximum atomic E-state index is 15.2. The van der Waals surface area contributed by atoms with E-state index in [-0.39, 0.29) is 126 Å². The molecule has 3 heterocycles. The molecule has 13 amide bonds. The second kappa shape index (κ2) is 43.5. The molecule has 118 heavy (non-hydrogen) atoms. The van der Waals surface area contributed by atoms with Gasteiger partial charge in [0.1, 0.15) is 41.8 Å². The smallest absolute Gasteiger partial charge is 0.497 e. The standard InChI is InChI=1S/C84H120N12O21S/c1-17-51(8)73(93(13)79(108)71(48(2)3)90-77(106)72(49(4)5)92(11)12)63(113-15)41-68(101)95-45-59(40-61(95)74(114-16)52(9)75(104)87-44-62(97)56-27-26-55-39-58(112-14)31-28-54(55)38-56)116-82(111)115-46-53-24-29-57(30-25-53)88-76(105)60(22-21-36-86-81(85)110)89-80(109)83(10,50(6)7)91-65(98)23-19-18-20-37-94-69(102)42-64(78(94)107)118-47-84(34-35-84)43-70(103)117-96-66(99)32-33-67(96)100/h24-31,38-39,48,50-52,59-61,63-64,71,73-74H,17-23,32-37,40-47H2,1-16H3,(H,87,104)(H,88,105)(H,89,109)(H,90,106)(H,91,98)(H3,85,86,110)/t51-,52+,59-,60?,61-,63+,64?,71-,73?,74+,83?/m0/s1.